The zero-order chi connectivity index (χ0) is 25.1. The van der Waals surface area contributed by atoms with E-state index in [1.54, 1.807) is 4.80 Å². The molecule has 0 atom stereocenters. The summed E-state index contributed by atoms with van der Waals surface area (Å²) in [5.41, 5.74) is 6.90. The lowest BCUT2D eigenvalue weighted by atomic mass is 10.1. The van der Waals surface area contributed by atoms with Crippen LogP contribution in [-0.2, 0) is 4.79 Å². The monoisotopic (exact) mass is 491 g/mol. The Balaban J connectivity index is 1.48. The second-order valence-electron chi connectivity index (χ2n) is 8.54. The molecule has 8 heteroatoms. The summed E-state index contributed by atoms with van der Waals surface area (Å²) >= 11 is 6.21. The Morgan fingerprint density at radius 2 is 1.54 bits per heavy atom. The summed E-state index contributed by atoms with van der Waals surface area (Å²) in [6, 6.07) is 15.6. The average Bonchev–Trinajstić information content (AvgIpc) is 3.25. The minimum Gasteiger partial charge on any atom is -0.484 e. The Morgan fingerprint density at radius 3 is 2.14 bits per heavy atom. The number of anilines is 2. The molecule has 4 aromatic rings. The van der Waals surface area contributed by atoms with Crippen molar-refractivity contribution in [3.63, 3.8) is 0 Å². The molecule has 0 radical (unpaired) electrons. The molecular weight excluding hydrogens is 462 g/mol. The third-order valence-electron chi connectivity index (χ3n) is 5.99. The fourth-order valence-electron chi connectivity index (χ4n) is 4.03. The average molecular weight is 492 g/mol. The number of nitrogens with zero attached hydrogens (tertiary/aromatic N) is 4. The van der Waals surface area contributed by atoms with Gasteiger partial charge in [0.1, 0.15) is 16.8 Å². The van der Waals surface area contributed by atoms with Crippen molar-refractivity contribution in [3.05, 3.63) is 70.2 Å². The Hall–Kier alpha value is -3.58. The molecule has 3 aromatic carbocycles. The molecule has 0 aliphatic carbocycles. The highest BCUT2D eigenvalue weighted by Gasteiger charge is 2.12. The SMILES string of the molecule is CCN(CC)c1ccc(-n2nc3cc(C)c(NC(=O)COc4cc(C)c(Cl)c(C)c4)cc3n2)cc1. The number of halogens is 1. The van der Waals surface area contributed by atoms with Crippen LogP contribution in [0.5, 0.6) is 5.75 Å². The molecule has 0 saturated carbocycles. The van der Waals surface area contributed by atoms with Gasteiger partial charge in [-0.25, -0.2) is 0 Å². The Morgan fingerprint density at radius 1 is 0.943 bits per heavy atom. The summed E-state index contributed by atoms with van der Waals surface area (Å²) in [4.78, 5) is 16.5. The molecule has 0 aliphatic rings. The normalized spacial score (nSPS) is 11.0. The van der Waals surface area contributed by atoms with Crippen molar-refractivity contribution in [3.8, 4) is 11.4 Å². The van der Waals surface area contributed by atoms with Crippen molar-refractivity contribution in [1.82, 2.24) is 15.0 Å². The number of rotatable bonds is 8. The molecule has 0 aliphatic heterocycles. The summed E-state index contributed by atoms with van der Waals surface area (Å²) in [6.07, 6.45) is 0. The molecule has 1 heterocycles. The van der Waals surface area contributed by atoms with Gasteiger partial charge < -0.3 is 15.0 Å². The van der Waals surface area contributed by atoms with E-state index >= 15 is 0 Å². The van der Waals surface area contributed by atoms with Gasteiger partial charge in [0.15, 0.2) is 6.61 Å². The van der Waals surface area contributed by atoms with Gasteiger partial charge in [-0.1, -0.05) is 11.6 Å². The molecule has 182 valence electrons. The molecule has 4 rings (SSSR count). The molecule has 0 saturated heterocycles. The Bertz CT molecular complexity index is 1340. The van der Waals surface area contributed by atoms with Gasteiger partial charge in [-0.3, -0.25) is 4.79 Å². The number of nitrogens with one attached hydrogen (secondary N) is 1. The zero-order valence-corrected chi connectivity index (χ0v) is 21.5. The lowest BCUT2D eigenvalue weighted by molar-refractivity contribution is -0.118. The largest absolute Gasteiger partial charge is 0.484 e. The number of aromatic nitrogens is 3. The minimum atomic E-state index is -0.253. The third-order valence-corrected chi connectivity index (χ3v) is 6.59. The van der Waals surface area contributed by atoms with Gasteiger partial charge in [-0.05, 0) is 99.8 Å². The van der Waals surface area contributed by atoms with E-state index in [2.05, 4.69) is 46.4 Å². The van der Waals surface area contributed by atoms with E-state index in [9.17, 15) is 4.79 Å². The summed E-state index contributed by atoms with van der Waals surface area (Å²) in [7, 11) is 0. The van der Waals surface area contributed by atoms with E-state index in [1.807, 2.05) is 57.2 Å². The molecule has 0 bridgehead atoms. The highest BCUT2D eigenvalue weighted by atomic mass is 35.5. The van der Waals surface area contributed by atoms with E-state index in [-0.39, 0.29) is 12.5 Å². The topological polar surface area (TPSA) is 72.3 Å². The fraction of sp³-hybridized carbons (Fsp3) is 0.296. The summed E-state index contributed by atoms with van der Waals surface area (Å²) in [5.74, 6) is 0.360. The molecule has 0 fully saturated rings. The first-order chi connectivity index (χ1) is 16.8. The van der Waals surface area contributed by atoms with E-state index in [0.29, 0.717) is 22.0 Å². The van der Waals surface area contributed by atoms with E-state index in [0.717, 1.165) is 41.0 Å². The van der Waals surface area contributed by atoms with Crippen molar-refractivity contribution in [2.24, 2.45) is 0 Å². The van der Waals surface area contributed by atoms with Gasteiger partial charge in [0.05, 0.1) is 5.69 Å². The van der Waals surface area contributed by atoms with Crippen LogP contribution < -0.4 is 15.0 Å². The number of carbonyl (C=O) groups is 1. The highest BCUT2D eigenvalue weighted by Crippen LogP contribution is 2.26. The molecule has 0 spiro atoms. The number of hydrogen-bond acceptors (Lipinski definition) is 5. The van der Waals surface area contributed by atoms with Crippen molar-refractivity contribution >= 4 is 39.9 Å². The van der Waals surface area contributed by atoms with Crippen LogP contribution in [-0.4, -0.2) is 40.6 Å². The maximum atomic E-state index is 12.6. The van der Waals surface area contributed by atoms with E-state index in [1.165, 1.54) is 5.69 Å². The lowest BCUT2D eigenvalue weighted by Crippen LogP contribution is -2.21. The van der Waals surface area contributed by atoms with Gasteiger partial charge in [0.2, 0.25) is 0 Å². The molecular formula is C27H30ClN5O2. The number of carbonyl (C=O) groups excluding carboxylic acids is 1. The van der Waals surface area contributed by atoms with Crippen LogP contribution in [0.2, 0.25) is 5.02 Å². The summed E-state index contributed by atoms with van der Waals surface area (Å²) in [5, 5.41) is 12.9. The molecule has 1 N–H and O–H groups in total. The number of fused-ring (bicyclic) bond motifs is 1. The van der Waals surface area contributed by atoms with Gasteiger partial charge in [-0.15, -0.1) is 10.2 Å². The first kappa shape index (κ1) is 24.5. The molecule has 1 amide bonds. The molecule has 7 nitrogen and oxygen atoms in total. The number of ether oxygens (including phenoxy) is 1. The van der Waals surface area contributed by atoms with Crippen LogP contribution in [0.3, 0.4) is 0 Å². The quantitative estimate of drug-likeness (QED) is 0.334. The number of aryl methyl sites for hydroxylation is 3. The van der Waals surface area contributed by atoms with Crippen molar-refractivity contribution in [1.29, 1.82) is 0 Å². The van der Waals surface area contributed by atoms with Crippen LogP contribution in [0.1, 0.15) is 30.5 Å². The van der Waals surface area contributed by atoms with Gasteiger partial charge in [-0.2, -0.15) is 4.80 Å². The second-order valence-corrected chi connectivity index (χ2v) is 8.92. The maximum absolute atomic E-state index is 12.6. The zero-order valence-electron chi connectivity index (χ0n) is 20.7. The number of amides is 1. The Labute approximate surface area is 210 Å². The van der Waals surface area contributed by atoms with Gasteiger partial charge in [0, 0.05) is 29.5 Å². The minimum absolute atomic E-state index is 0.108. The van der Waals surface area contributed by atoms with E-state index in [4.69, 9.17) is 16.3 Å². The van der Waals surface area contributed by atoms with Crippen LogP contribution in [0, 0.1) is 20.8 Å². The highest BCUT2D eigenvalue weighted by molar-refractivity contribution is 6.32. The standard InChI is InChI=1S/C27H30ClN5O2/c1-6-32(7-2)20-8-10-21(11-9-20)33-30-24-14-17(3)23(15-25(24)31-33)29-26(34)16-35-22-12-18(4)27(28)19(5)13-22/h8-15H,6-7,16H2,1-5H3,(H,29,34). The molecule has 0 unspecified atom stereocenters. The van der Waals surface area contributed by atoms with E-state index < -0.39 is 0 Å². The number of hydrogen-bond donors (Lipinski definition) is 1. The van der Waals surface area contributed by atoms with Crippen molar-refractivity contribution in [2.45, 2.75) is 34.6 Å². The smallest absolute Gasteiger partial charge is 0.262 e. The van der Waals surface area contributed by atoms with Crippen LogP contribution >= 0.6 is 11.6 Å². The summed E-state index contributed by atoms with van der Waals surface area (Å²) < 4.78 is 5.68. The van der Waals surface area contributed by atoms with Crippen LogP contribution in [0.25, 0.3) is 16.7 Å². The first-order valence-corrected chi connectivity index (χ1v) is 12.1. The van der Waals surface area contributed by atoms with Crippen molar-refractivity contribution in [2.75, 3.05) is 29.9 Å². The molecule has 1 aromatic heterocycles. The van der Waals surface area contributed by atoms with Crippen LogP contribution in [0.4, 0.5) is 11.4 Å². The van der Waals surface area contributed by atoms with Gasteiger partial charge >= 0.3 is 0 Å². The van der Waals surface area contributed by atoms with Gasteiger partial charge in [0.25, 0.3) is 5.91 Å². The number of benzene rings is 3. The van der Waals surface area contributed by atoms with Crippen molar-refractivity contribution < 1.29 is 9.53 Å². The first-order valence-electron chi connectivity index (χ1n) is 11.7. The molecule has 35 heavy (non-hydrogen) atoms. The second kappa shape index (κ2) is 10.4. The van der Waals surface area contributed by atoms with Crippen LogP contribution in [0.15, 0.2) is 48.5 Å². The predicted molar refractivity (Wildman–Crippen MR) is 142 cm³/mol. The third kappa shape index (κ3) is 5.41. The summed E-state index contributed by atoms with van der Waals surface area (Å²) in [6.45, 7) is 11.8. The lowest BCUT2D eigenvalue weighted by Gasteiger charge is -2.20. The fourth-order valence-corrected chi connectivity index (χ4v) is 4.14. The Kier molecular flexibility index (Phi) is 7.26. The maximum Gasteiger partial charge on any atom is 0.262 e. The predicted octanol–water partition coefficient (Wildman–Crippen LogP) is 5.86.